The zero-order valence-corrected chi connectivity index (χ0v) is 21.2. The van der Waals surface area contributed by atoms with Gasteiger partial charge in [0.1, 0.15) is 0 Å². The van der Waals surface area contributed by atoms with Crippen LogP contribution in [0, 0.1) is 18.8 Å². The Kier molecular flexibility index (Phi) is 6.71. The topological polar surface area (TPSA) is 85.0 Å². The number of benzene rings is 2. The third-order valence-corrected chi connectivity index (χ3v) is 7.48. The van der Waals surface area contributed by atoms with E-state index in [1.54, 1.807) is 9.91 Å². The van der Waals surface area contributed by atoms with Gasteiger partial charge in [-0.05, 0) is 51.2 Å². The van der Waals surface area contributed by atoms with Crippen LogP contribution in [0.5, 0.6) is 0 Å². The van der Waals surface area contributed by atoms with Gasteiger partial charge in [0, 0.05) is 24.5 Å². The Morgan fingerprint density at radius 1 is 1.03 bits per heavy atom. The van der Waals surface area contributed by atoms with E-state index in [1.807, 2.05) is 74.2 Å². The molecule has 3 aliphatic rings. The fraction of sp³-hybridized carbons (Fsp3) is 0.464. The zero-order valence-electron chi connectivity index (χ0n) is 21.2. The van der Waals surface area contributed by atoms with Crippen LogP contribution in [0.1, 0.15) is 49.8 Å². The number of nitrogens with one attached hydrogen (secondary N) is 2. The summed E-state index contributed by atoms with van der Waals surface area (Å²) in [6, 6.07) is 17.5. The second-order valence-corrected chi connectivity index (χ2v) is 10.6. The molecule has 2 N–H and O–H groups in total. The normalized spacial score (nSPS) is 25.7. The standard InChI is InChI=1S/C28H35N5O3/c1-18(2)29-25(34)22-12-13-23-24(15-22)33-27(31(26(23)35)16-20-9-5-4-6-10-20)30-32(28(33)36)17-21-11-7-8-19(3)14-21/h4-11,14,18,22-24,27,30H,12-13,15-17H2,1-3H3,(H,29,34). The Balaban J connectivity index is 1.44. The molecule has 1 aliphatic carbocycles. The lowest BCUT2D eigenvalue weighted by Gasteiger charge is -2.49. The Morgan fingerprint density at radius 2 is 1.78 bits per heavy atom. The molecule has 1 saturated carbocycles. The van der Waals surface area contributed by atoms with E-state index in [2.05, 4.69) is 16.8 Å². The average Bonchev–Trinajstić information content (AvgIpc) is 3.17. The highest BCUT2D eigenvalue weighted by Gasteiger charge is 2.56. The molecular formula is C28H35N5O3. The molecule has 0 spiro atoms. The van der Waals surface area contributed by atoms with Gasteiger partial charge in [0.25, 0.3) is 0 Å². The predicted molar refractivity (Wildman–Crippen MR) is 136 cm³/mol. The zero-order chi connectivity index (χ0) is 25.4. The monoisotopic (exact) mass is 489 g/mol. The molecule has 2 heterocycles. The van der Waals surface area contributed by atoms with Crippen molar-refractivity contribution in [2.45, 2.75) is 71.5 Å². The summed E-state index contributed by atoms with van der Waals surface area (Å²) >= 11 is 0. The SMILES string of the molecule is Cc1cccc(CN2NC3N(Cc4ccccc4)C(=O)C4CCC(C(=O)NC(C)C)CC4N3C2=O)c1. The maximum atomic E-state index is 13.8. The van der Waals surface area contributed by atoms with Crippen molar-refractivity contribution in [3.05, 3.63) is 71.3 Å². The summed E-state index contributed by atoms with van der Waals surface area (Å²) in [5.74, 6) is -0.458. The molecule has 2 aliphatic heterocycles. The molecule has 8 nitrogen and oxygen atoms in total. The number of carbonyl (C=O) groups is 3. The van der Waals surface area contributed by atoms with Gasteiger partial charge in [0.15, 0.2) is 6.29 Å². The van der Waals surface area contributed by atoms with Crippen LogP contribution in [-0.4, -0.2) is 51.0 Å². The highest BCUT2D eigenvalue weighted by Crippen LogP contribution is 2.41. The first kappa shape index (κ1) is 24.3. The molecule has 2 aromatic rings. The summed E-state index contributed by atoms with van der Waals surface area (Å²) in [5, 5.41) is 4.63. The van der Waals surface area contributed by atoms with Gasteiger partial charge in [0.05, 0.1) is 12.5 Å². The van der Waals surface area contributed by atoms with Gasteiger partial charge in [-0.25, -0.2) is 4.79 Å². The summed E-state index contributed by atoms with van der Waals surface area (Å²) < 4.78 is 0. The van der Waals surface area contributed by atoms with E-state index < -0.39 is 6.29 Å². The van der Waals surface area contributed by atoms with Gasteiger partial charge in [-0.3, -0.25) is 19.5 Å². The van der Waals surface area contributed by atoms with E-state index in [-0.39, 0.29) is 41.8 Å². The molecule has 2 aromatic carbocycles. The lowest BCUT2D eigenvalue weighted by Crippen LogP contribution is -2.66. The smallest absolute Gasteiger partial charge is 0.337 e. The summed E-state index contributed by atoms with van der Waals surface area (Å²) in [5.41, 5.74) is 6.50. The van der Waals surface area contributed by atoms with Gasteiger partial charge in [-0.1, -0.05) is 60.2 Å². The second kappa shape index (κ2) is 9.93. The number of hydrazine groups is 1. The Bertz CT molecular complexity index is 1140. The van der Waals surface area contributed by atoms with E-state index in [0.717, 1.165) is 16.7 Å². The number of fused-ring (bicyclic) bond motifs is 3. The van der Waals surface area contributed by atoms with Crippen LogP contribution in [-0.2, 0) is 22.7 Å². The van der Waals surface area contributed by atoms with Gasteiger partial charge in [-0.15, -0.1) is 0 Å². The third kappa shape index (κ3) is 4.69. The molecular weight excluding hydrogens is 454 g/mol. The number of rotatable bonds is 6. The van der Waals surface area contributed by atoms with Crippen molar-refractivity contribution >= 4 is 17.8 Å². The average molecular weight is 490 g/mol. The fourth-order valence-corrected chi connectivity index (χ4v) is 5.81. The number of hydrogen-bond acceptors (Lipinski definition) is 4. The molecule has 190 valence electrons. The van der Waals surface area contributed by atoms with Crippen LogP contribution in [0.2, 0.25) is 0 Å². The highest BCUT2D eigenvalue weighted by atomic mass is 16.2. The summed E-state index contributed by atoms with van der Waals surface area (Å²) in [4.78, 5) is 44.1. The Hall–Kier alpha value is -3.39. The third-order valence-electron chi connectivity index (χ3n) is 7.48. The van der Waals surface area contributed by atoms with Gasteiger partial charge >= 0.3 is 6.03 Å². The largest absolute Gasteiger partial charge is 0.354 e. The van der Waals surface area contributed by atoms with Crippen molar-refractivity contribution < 1.29 is 14.4 Å². The molecule has 2 saturated heterocycles. The maximum absolute atomic E-state index is 13.8. The summed E-state index contributed by atoms with van der Waals surface area (Å²) in [6.07, 6.45) is 1.16. The van der Waals surface area contributed by atoms with Crippen molar-refractivity contribution in [1.29, 1.82) is 0 Å². The molecule has 0 aromatic heterocycles. The number of amides is 4. The van der Waals surface area contributed by atoms with E-state index in [4.69, 9.17) is 0 Å². The maximum Gasteiger partial charge on any atom is 0.337 e. The molecule has 36 heavy (non-hydrogen) atoms. The Morgan fingerprint density at radius 3 is 2.50 bits per heavy atom. The van der Waals surface area contributed by atoms with Crippen LogP contribution < -0.4 is 10.7 Å². The van der Waals surface area contributed by atoms with Crippen LogP contribution in [0.4, 0.5) is 4.79 Å². The van der Waals surface area contributed by atoms with Crippen molar-refractivity contribution in [2.24, 2.45) is 11.8 Å². The number of aryl methyl sites for hydroxylation is 1. The molecule has 0 radical (unpaired) electrons. The van der Waals surface area contributed by atoms with Crippen LogP contribution in [0.25, 0.3) is 0 Å². The lowest BCUT2D eigenvalue weighted by molar-refractivity contribution is -0.159. The molecule has 8 heteroatoms. The minimum Gasteiger partial charge on any atom is -0.354 e. The van der Waals surface area contributed by atoms with Crippen molar-refractivity contribution in [1.82, 2.24) is 25.6 Å². The summed E-state index contributed by atoms with van der Waals surface area (Å²) in [7, 11) is 0. The minimum atomic E-state index is -0.580. The molecule has 4 amide bonds. The molecule has 3 fully saturated rings. The fourth-order valence-electron chi connectivity index (χ4n) is 5.81. The number of hydrogen-bond donors (Lipinski definition) is 2. The molecule has 4 atom stereocenters. The minimum absolute atomic E-state index is 0.00962. The van der Waals surface area contributed by atoms with E-state index in [0.29, 0.717) is 32.4 Å². The number of urea groups is 1. The molecule has 5 rings (SSSR count). The first-order valence-electron chi connectivity index (χ1n) is 12.9. The van der Waals surface area contributed by atoms with Gasteiger partial charge in [0.2, 0.25) is 11.8 Å². The first-order valence-corrected chi connectivity index (χ1v) is 12.9. The molecule has 4 unspecified atom stereocenters. The van der Waals surface area contributed by atoms with E-state index in [1.165, 1.54) is 0 Å². The van der Waals surface area contributed by atoms with E-state index >= 15 is 0 Å². The Labute approximate surface area is 212 Å². The lowest BCUT2D eigenvalue weighted by atomic mass is 9.75. The quantitative estimate of drug-likeness (QED) is 0.652. The summed E-state index contributed by atoms with van der Waals surface area (Å²) in [6.45, 7) is 6.74. The van der Waals surface area contributed by atoms with Gasteiger partial charge < -0.3 is 10.2 Å². The number of carbonyl (C=O) groups excluding carboxylic acids is 3. The highest BCUT2D eigenvalue weighted by molar-refractivity contribution is 5.87. The molecule has 0 bridgehead atoms. The van der Waals surface area contributed by atoms with Crippen LogP contribution in [0.15, 0.2) is 54.6 Å². The first-order chi connectivity index (χ1) is 17.3. The van der Waals surface area contributed by atoms with Crippen molar-refractivity contribution in [3.63, 3.8) is 0 Å². The predicted octanol–water partition coefficient (Wildman–Crippen LogP) is 3.37. The van der Waals surface area contributed by atoms with Crippen molar-refractivity contribution in [2.75, 3.05) is 0 Å². The number of nitrogens with zero attached hydrogens (tertiary/aromatic N) is 3. The van der Waals surface area contributed by atoms with Crippen molar-refractivity contribution in [3.8, 4) is 0 Å². The van der Waals surface area contributed by atoms with Crippen LogP contribution >= 0.6 is 0 Å². The van der Waals surface area contributed by atoms with E-state index in [9.17, 15) is 14.4 Å². The second-order valence-electron chi connectivity index (χ2n) is 10.6. The van der Waals surface area contributed by atoms with Gasteiger partial charge in [-0.2, -0.15) is 5.43 Å². The van der Waals surface area contributed by atoms with Crippen LogP contribution in [0.3, 0.4) is 0 Å².